The molecular weight excluding hydrogens is 438 g/mol. The minimum absolute atomic E-state index is 0.0281. The number of hydrogen-bond donors (Lipinski definition) is 1. The molecule has 1 aliphatic rings. The van der Waals surface area contributed by atoms with Crippen molar-refractivity contribution >= 4 is 23.5 Å². The number of nitrogens with one attached hydrogen (secondary N) is 1. The maximum absolute atomic E-state index is 12.8. The molecule has 35 heavy (non-hydrogen) atoms. The van der Waals surface area contributed by atoms with Gasteiger partial charge >= 0.3 is 0 Å². The summed E-state index contributed by atoms with van der Waals surface area (Å²) in [4.78, 5) is 35.8. The van der Waals surface area contributed by atoms with E-state index in [0.29, 0.717) is 35.5 Å². The average Bonchev–Trinajstić information content (AvgIpc) is 2.90. The molecule has 176 valence electrons. The Hall–Kier alpha value is -4.17. The van der Waals surface area contributed by atoms with Crippen molar-refractivity contribution in [1.82, 2.24) is 24.8 Å². The Labute approximate surface area is 204 Å². The Bertz CT molecular complexity index is 1290. The molecule has 1 fully saturated rings. The lowest BCUT2D eigenvalue weighted by atomic mass is 10.0. The number of likely N-dealkylation sites (N-methyl/N-ethyl adjacent to an activating group) is 1. The summed E-state index contributed by atoms with van der Waals surface area (Å²) in [5.41, 5.74) is 2.47. The summed E-state index contributed by atoms with van der Waals surface area (Å²) >= 11 is 0. The molecule has 4 aromatic rings. The van der Waals surface area contributed by atoms with Crippen molar-refractivity contribution in [2.24, 2.45) is 0 Å². The maximum atomic E-state index is 12.8. The molecule has 0 atom stereocenters. The first-order chi connectivity index (χ1) is 17.1. The van der Waals surface area contributed by atoms with Crippen LogP contribution in [0.2, 0.25) is 0 Å². The molecule has 0 saturated carbocycles. The minimum atomic E-state index is 0.0281. The molecule has 0 aliphatic carbocycles. The van der Waals surface area contributed by atoms with E-state index in [1.54, 1.807) is 18.3 Å². The fraction of sp³-hybridized carbons (Fsp3) is 0.222. The van der Waals surface area contributed by atoms with Gasteiger partial charge in [-0.15, -0.1) is 0 Å². The zero-order valence-electron chi connectivity index (χ0n) is 19.6. The quantitative estimate of drug-likeness (QED) is 0.412. The van der Waals surface area contributed by atoms with Crippen molar-refractivity contribution in [2.75, 3.05) is 43.4 Å². The molecule has 0 spiro atoms. The second kappa shape index (κ2) is 10.4. The van der Waals surface area contributed by atoms with Gasteiger partial charge in [-0.25, -0.2) is 4.98 Å². The van der Waals surface area contributed by atoms with Gasteiger partial charge in [-0.05, 0) is 24.7 Å². The SMILES string of the molecule is CN1CCN(c2nc(Nc3cc(C(=O)Cc4ccccc4)ccn3)nc(-c3ccccc3)n2)CC1. The summed E-state index contributed by atoms with van der Waals surface area (Å²) in [6, 6.07) is 23.0. The first-order valence-corrected chi connectivity index (χ1v) is 11.7. The van der Waals surface area contributed by atoms with Crippen LogP contribution in [-0.2, 0) is 6.42 Å². The number of carbonyl (C=O) groups excluding carboxylic acids is 1. The lowest BCUT2D eigenvalue weighted by Gasteiger charge is -2.32. The number of anilines is 3. The summed E-state index contributed by atoms with van der Waals surface area (Å²) in [5.74, 6) is 2.16. The smallest absolute Gasteiger partial charge is 0.233 e. The number of pyridine rings is 1. The molecule has 0 unspecified atom stereocenters. The standard InChI is InChI=1S/C27H27N7O/c1-33-14-16-34(17-15-33)27-31-25(21-10-6-3-7-11-21)30-26(32-27)29-24-19-22(12-13-28-24)23(35)18-20-8-4-2-5-9-20/h2-13,19H,14-18H2,1H3,(H,28,29,30,31,32). The third-order valence-electron chi connectivity index (χ3n) is 5.97. The number of carbonyl (C=O) groups is 1. The van der Waals surface area contributed by atoms with Crippen LogP contribution in [0.15, 0.2) is 79.0 Å². The van der Waals surface area contributed by atoms with E-state index in [0.717, 1.165) is 37.3 Å². The van der Waals surface area contributed by atoms with Crippen LogP contribution in [0.25, 0.3) is 11.4 Å². The normalized spacial score (nSPS) is 14.0. The number of rotatable bonds is 7. The van der Waals surface area contributed by atoms with Crippen LogP contribution >= 0.6 is 0 Å². The molecule has 8 nitrogen and oxygen atoms in total. The average molecular weight is 466 g/mol. The number of Topliss-reactive ketones (excluding diaryl/α,β-unsaturated/α-hetero) is 1. The summed E-state index contributed by atoms with van der Waals surface area (Å²) in [6.45, 7) is 3.58. The number of hydrogen-bond acceptors (Lipinski definition) is 8. The summed E-state index contributed by atoms with van der Waals surface area (Å²) in [6.07, 6.45) is 1.96. The highest BCUT2D eigenvalue weighted by Gasteiger charge is 2.19. The molecule has 3 heterocycles. The van der Waals surface area contributed by atoms with E-state index in [1.807, 2.05) is 60.7 Å². The lowest BCUT2D eigenvalue weighted by Crippen LogP contribution is -2.45. The van der Waals surface area contributed by atoms with E-state index in [9.17, 15) is 4.79 Å². The number of piperazine rings is 1. The summed E-state index contributed by atoms with van der Waals surface area (Å²) in [7, 11) is 2.12. The van der Waals surface area contributed by atoms with Crippen LogP contribution in [0.4, 0.5) is 17.7 Å². The third kappa shape index (κ3) is 5.67. The number of nitrogens with zero attached hydrogens (tertiary/aromatic N) is 6. The van der Waals surface area contributed by atoms with Crippen LogP contribution in [0.1, 0.15) is 15.9 Å². The van der Waals surface area contributed by atoms with Gasteiger partial charge in [-0.3, -0.25) is 4.79 Å². The Kier molecular flexibility index (Phi) is 6.72. The highest BCUT2D eigenvalue weighted by atomic mass is 16.1. The van der Waals surface area contributed by atoms with E-state index in [-0.39, 0.29) is 5.78 Å². The van der Waals surface area contributed by atoms with Crippen LogP contribution in [0.3, 0.4) is 0 Å². The van der Waals surface area contributed by atoms with E-state index in [1.165, 1.54) is 0 Å². The van der Waals surface area contributed by atoms with Gasteiger partial charge in [0.2, 0.25) is 11.9 Å². The van der Waals surface area contributed by atoms with E-state index in [2.05, 4.69) is 32.1 Å². The van der Waals surface area contributed by atoms with Crippen molar-refractivity contribution in [3.05, 3.63) is 90.1 Å². The molecule has 1 aliphatic heterocycles. The molecular formula is C27H27N7O. The topological polar surface area (TPSA) is 87.1 Å². The van der Waals surface area contributed by atoms with Gasteiger partial charge in [0.05, 0.1) is 0 Å². The number of aromatic nitrogens is 4. The molecule has 0 bridgehead atoms. The zero-order chi connectivity index (χ0) is 24.0. The monoisotopic (exact) mass is 465 g/mol. The predicted octanol–water partition coefficient (Wildman–Crippen LogP) is 3.85. The first-order valence-electron chi connectivity index (χ1n) is 11.7. The molecule has 2 aromatic heterocycles. The van der Waals surface area contributed by atoms with E-state index >= 15 is 0 Å². The summed E-state index contributed by atoms with van der Waals surface area (Å²) in [5, 5.41) is 3.20. The zero-order valence-corrected chi connectivity index (χ0v) is 19.6. The van der Waals surface area contributed by atoms with Gasteiger partial charge in [0.25, 0.3) is 0 Å². The van der Waals surface area contributed by atoms with Gasteiger partial charge in [-0.1, -0.05) is 60.7 Å². The van der Waals surface area contributed by atoms with Crippen LogP contribution < -0.4 is 10.2 Å². The molecule has 1 N–H and O–H groups in total. The second-order valence-corrected chi connectivity index (χ2v) is 8.58. The second-order valence-electron chi connectivity index (χ2n) is 8.58. The highest BCUT2D eigenvalue weighted by Crippen LogP contribution is 2.22. The van der Waals surface area contributed by atoms with Gasteiger partial charge in [0.15, 0.2) is 11.6 Å². The maximum Gasteiger partial charge on any atom is 0.233 e. The van der Waals surface area contributed by atoms with E-state index < -0.39 is 0 Å². The van der Waals surface area contributed by atoms with Crippen molar-refractivity contribution < 1.29 is 4.79 Å². The fourth-order valence-electron chi connectivity index (χ4n) is 3.96. The molecule has 5 rings (SSSR count). The lowest BCUT2D eigenvalue weighted by molar-refractivity contribution is 0.0993. The molecule has 0 radical (unpaired) electrons. The van der Waals surface area contributed by atoms with Gasteiger partial charge < -0.3 is 15.1 Å². The van der Waals surface area contributed by atoms with Crippen molar-refractivity contribution in [1.29, 1.82) is 0 Å². The Balaban J connectivity index is 1.41. The number of ketones is 1. The molecule has 2 aromatic carbocycles. The fourth-order valence-corrected chi connectivity index (χ4v) is 3.96. The van der Waals surface area contributed by atoms with E-state index in [4.69, 9.17) is 9.97 Å². The van der Waals surface area contributed by atoms with Crippen molar-refractivity contribution in [2.45, 2.75) is 6.42 Å². The minimum Gasteiger partial charge on any atom is -0.338 e. The Morgan fingerprint density at radius 3 is 2.34 bits per heavy atom. The van der Waals surface area contributed by atoms with Gasteiger partial charge in [0, 0.05) is 49.9 Å². The Morgan fingerprint density at radius 2 is 1.60 bits per heavy atom. The van der Waals surface area contributed by atoms with Crippen LogP contribution in [0.5, 0.6) is 0 Å². The van der Waals surface area contributed by atoms with Crippen molar-refractivity contribution in [3.63, 3.8) is 0 Å². The van der Waals surface area contributed by atoms with Gasteiger partial charge in [-0.2, -0.15) is 15.0 Å². The van der Waals surface area contributed by atoms with Crippen molar-refractivity contribution in [3.8, 4) is 11.4 Å². The highest BCUT2D eigenvalue weighted by molar-refractivity contribution is 5.98. The van der Waals surface area contributed by atoms with Crippen LogP contribution in [-0.4, -0.2) is 63.8 Å². The summed E-state index contributed by atoms with van der Waals surface area (Å²) < 4.78 is 0. The Morgan fingerprint density at radius 1 is 0.886 bits per heavy atom. The molecule has 8 heteroatoms. The molecule has 1 saturated heterocycles. The largest absolute Gasteiger partial charge is 0.338 e. The molecule has 0 amide bonds. The van der Waals surface area contributed by atoms with Gasteiger partial charge in [0.1, 0.15) is 5.82 Å². The third-order valence-corrected chi connectivity index (χ3v) is 5.97. The van der Waals surface area contributed by atoms with Crippen LogP contribution in [0, 0.1) is 0 Å². The first kappa shape index (κ1) is 22.6. The predicted molar refractivity (Wildman–Crippen MR) is 137 cm³/mol. The number of benzene rings is 2.